The summed E-state index contributed by atoms with van der Waals surface area (Å²) in [4.78, 5) is 30.3. The minimum absolute atomic E-state index is 0.0775. The van der Waals surface area contributed by atoms with Crippen LogP contribution in [0.3, 0.4) is 0 Å². The average Bonchev–Trinajstić information content (AvgIpc) is 2.98. The van der Waals surface area contributed by atoms with Crippen LogP contribution in [0.1, 0.15) is 48.6 Å². The van der Waals surface area contributed by atoms with E-state index in [2.05, 4.69) is 5.32 Å². The molecule has 1 atom stereocenters. The fourth-order valence-electron chi connectivity index (χ4n) is 5.32. The van der Waals surface area contributed by atoms with E-state index in [9.17, 15) is 18.0 Å². The predicted octanol–water partition coefficient (Wildman–Crippen LogP) is 6.36. The van der Waals surface area contributed by atoms with Gasteiger partial charge in [0.15, 0.2) is 0 Å². The normalized spacial score (nSPS) is 12.3. The number of nitrogens with zero attached hydrogens (tertiary/aromatic N) is 2. The molecule has 0 aliphatic heterocycles. The van der Waals surface area contributed by atoms with Crippen molar-refractivity contribution in [1.82, 2.24) is 10.2 Å². The Kier molecular flexibility index (Phi) is 10.5. The summed E-state index contributed by atoms with van der Waals surface area (Å²) in [6.45, 7) is 11.1. The highest BCUT2D eigenvalue weighted by atomic mass is 32.2. The Morgan fingerprint density at radius 1 is 0.778 bits per heavy atom. The average molecular weight is 626 g/mol. The van der Waals surface area contributed by atoms with Crippen molar-refractivity contribution in [1.29, 1.82) is 0 Å². The zero-order chi connectivity index (χ0) is 32.8. The van der Waals surface area contributed by atoms with Gasteiger partial charge in [0.2, 0.25) is 11.8 Å². The molecule has 0 aliphatic rings. The summed E-state index contributed by atoms with van der Waals surface area (Å²) in [7, 11) is -4.15. The number of rotatable bonds is 11. The molecule has 4 rings (SSSR count). The Morgan fingerprint density at radius 3 is 1.91 bits per heavy atom. The molecule has 45 heavy (non-hydrogen) atoms. The van der Waals surface area contributed by atoms with Crippen LogP contribution in [-0.4, -0.2) is 43.3 Å². The molecule has 4 aromatic rings. The summed E-state index contributed by atoms with van der Waals surface area (Å²) >= 11 is 0. The lowest BCUT2D eigenvalue weighted by Gasteiger charge is -2.35. The lowest BCUT2D eigenvalue weighted by molar-refractivity contribution is -0.140. The van der Waals surface area contributed by atoms with Gasteiger partial charge >= 0.3 is 0 Å². The number of carbonyl (C=O) groups excluding carboxylic acids is 2. The number of sulfonamides is 1. The van der Waals surface area contributed by atoms with Crippen molar-refractivity contribution in [2.75, 3.05) is 10.8 Å². The van der Waals surface area contributed by atoms with Crippen LogP contribution in [0.25, 0.3) is 0 Å². The molecule has 236 valence electrons. The number of hydrogen-bond donors (Lipinski definition) is 1. The first-order valence-corrected chi connectivity index (χ1v) is 16.5. The number of amides is 2. The van der Waals surface area contributed by atoms with Gasteiger partial charge in [0.25, 0.3) is 10.0 Å². The second-order valence-corrected chi connectivity index (χ2v) is 14.4. The fraction of sp³-hybridized carbons (Fsp3) is 0.297. The van der Waals surface area contributed by atoms with Crippen molar-refractivity contribution in [2.45, 2.75) is 71.0 Å². The smallest absolute Gasteiger partial charge is 0.264 e. The van der Waals surface area contributed by atoms with Crippen molar-refractivity contribution < 1.29 is 18.0 Å². The highest BCUT2D eigenvalue weighted by molar-refractivity contribution is 7.92. The monoisotopic (exact) mass is 625 g/mol. The molecule has 2 amide bonds. The van der Waals surface area contributed by atoms with Gasteiger partial charge in [0.05, 0.1) is 10.6 Å². The van der Waals surface area contributed by atoms with Gasteiger partial charge in [-0.1, -0.05) is 78.9 Å². The van der Waals surface area contributed by atoms with Gasteiger partial charge in [-0.2, -0.15) is 0 Å². The predicted molar refractivity (Wildman–Crippen MR) is 180 cm³/mol. The minimum Gasteiger partial charge on any atom is -0.350 e. The van der Waals surface area contributed by atoms with Crippen molar-refractivity contribution in [3.05, 3.63) is 131 Å². The number of carbonyl (C=O) groups is 2. The maximum absolute atomic E-state index is 14.6. The molecule has 0 bridgehead atoms. The van der Waals surface area contributed by atoms with E-state index in [0.29, 0.717) is 5.69 Å². The van der Waals surface area contributed by atoms with Gasteiger partial charge < -0.3 is 10.2 Å². The lowest BCUT2D eigenvalue weighted by atomic mass is 10.00. The molecule has 0 fully saturated rings. The molecule has 0 heterocycles. The van der Waals surface area contributed by atoms with E-state index >= 15 is 0 Å². The van der Waals surface area contributed by atoms with Crippen molar-refractivity contribution in [3.8, 4) is 0 Å². The van der Waals surface area contributed by atoms with Crippen LogP contribution in [0.4, 0.5) is 5.69 Å². The molecule has 8 heteroatoms. The van der Waals surface area contributed by atoms with E-state index in [1.807, 2.05) is 102 Å². The van der Waals surface area contributed by atoms with Gasteiger partial charge in [0.1, 0.15) is 12.6 Å². The van der Waals surface area contributed by atoms with Gasteiger partial charge in [-0.15, -0.1) is 0 Å². The van der Waals surface area contributed by atoms with Crippen LogP contribution in [0.15, 0.2) is 108 Å². The summed E-state index contributed by atoms with van der Waals surface area (Å²) in [5.41, 5.74) is 4.30. The van der Waals surface area contributed by atoms with Crippen LogP contribution in [0, 0.1) is 20.8 Å². The third-order valence-corrected chi connectivity index (χ3v) is 9.26. The number of nitrogens with one attached hydrogen (secondary N) is 1. The van der Waals surface area contributed by atoms with E-state index in [1.54, 1.807) is 30.3 Å². The fourth-order valence-corrected chi connectivity index (χ4v) is 6.74. The molecule has 0 saturated carbocycles. The van der Waals surface area contributed by atoms with E-state index < -0.39 is 34.1 Å². The van der Waals surface area contributed by atoms with E-state index in [1.165, 1.54) is 17.0 Å². The van der Waals surface area contributed by atoms with Crippen molar-refractivity contribution >= 4 is 27.5 Å². The summed E-state index contributed by atoms with van der Waals surface area (Å²) < 4.78 is 29.5. The Balaban J connectivity index is 1.84. The van der Waals surface area contributed by atoms with Gasteiger partial charge in [-0.05, 0) is 93.6 Å². The van der Waals surface area contributed by atoms with Crippen LogP contribution in [0.2, 0.25) is 0 Å². The van der Waals surface area contributed by atoms with E-state index in [0.717, 1.165) is 32.1 Å². The molecule has 1 N–H and O–H groups in total. The third-order valence-electron chi connectivity index (χ3n) is 7.48. The Bertz CT molecular complexity index is 1710. The summed E-state index contributed by atoms with van der Waals surface area (Å²) in [6.07, 6.45) is 0.259. The number of aryl methyl sites for hydroxylation is 3. The van der Waals surface area contributed by atoms with Crippen LogP contribution in [0.5, 0.6) is 0 Å². The maximum atomic E-state index is 14.6. The second-order valence-electron chi connectivity index (χ2n) is 12.6. The summed E-state index contributed by atoms with van der Waals surface area (Å²) in [6, 6.07) is 30.0. The minimum atomic E-state index is -4.15. The molecule has 0 aromatic heterocycles. The van der Waals surface area contributed by atoms with Gasteiger partial charge in [0, 0.05) is 18.5 Å². The SMILES string of the molecule is Cc1cc(C)cc(N(CC(=O)N(Cc2ccccc2C)C(Cc2ccccc2)C(=O)NC(C)(C)C)S(=O)(=O)c2ccccc2)c1. The summed E-state index contributed by atoms with van der Waals surface area (Å²) in [5, 5.41) is 3.07. The molecule has 1 unspecified atom stereocenters. The second kappa shape index (κ2) is 14.1. The van der Waals surface area contributed by atoms with Crippen LogP contribution in [-0.2, 0) is 32.6 Å². The molecule has 0 aliphatic carbocycles. The molecule has 0 spiro atoms. The molecular formula is C37H43N3O4S. The topological polar surface area (TPSA) is 86.8 Å². The zero-order valence-corrected chi connectivity index (χ0v) is 27.8. The molecule has 7 nitrogen and oxygen atoms in total. The highest BCUT2D eigenvalue weighted by Crippen LogP contribution is 2.27. The zero-order valence-electron chi connectivity index (χ0n) is 26.9. The molecule has 0 radical (unpaired) electrons. The standard InChI is InChI=1S/C37H43N3O4S/c1-27-21-28(2)23-32(22-27)40(45(43,44)33-19-11-8-12-20-33)26-35(41)39(25-31-18-14-13-15-29(31)3)34(36(42)38-37(4,5)6)24-30-16-9-7-10-17-30/h7-23,34H,24-26H2,1-6H3,(H,38,42). The van der Waals surface area contributed by atoms with E-state index in [4.69, 9.17) is 0 Å². The Labute approximate surface area is 268 Å². The first-order chi connectivity index (χ1) is 21.2. The van der Waals surface area contributed by atoms with E-state index in [-0.39, 0.29) is 23.8 Å². The number of anilines is 1. The maximum Gasteiger partial charge on any atom is 0.264 e. The Hall–Kier alpha value is -4.43. The van der Waals surface area contributed by atoms with Crippen LogP contribution >= 0.6 is 0 Å². The largest absolute Gasteiger partial charge is 0.350 e. The molecular weight excluding hydrogens is 582 g/mol. The first kappa shape index (κ1) is 33.5. The van der Waals surface area contributed by atoms with Crippen molar-refractivity contribution in [3.63, 3.8) is 0 Å². The Morgan fingerprint density at radius 2 is 1.33 bits per heavy atom. The summed E-state index contributed by atoms with van der Waals surface area (Å²) in [5.74, 6) is -0.793. The molecule has 4 aromatic carbocycles. The lowest BCUT2D eigenvalue weighted by Crippen LogP contribution is -2.56. The number of hydrogen-bond acceptors (Lipinski definition) is 4. The quantitative estimate of drug-likeness (QED) is 0.210. The van der Waals surface area contributed by atoms with Gasteiger partial charge in [-0.3, -0.25) is 13.9 Å². The third kappa shape index (κ3) is 8.82. The first-order valence-electron chi connectivity index (χ1n) is 15.1. The van der Waals surface area contributed by atoms with Crippen LogP contribution < -0.4 is 9.62 Å². The van der Waals surface area contributed by atoms with Crippen molar-refractivity contribution in [2.24, 2.45) is 0 Å². The highest BCUT2D eigenvalue weighted by Gasteiger charge is 2.35. The van der Waals surface area contributed by atoms with Gasteiger partial charge in [-0.25, -0.2) is 8.42 Å². The number of benzene rings is 4. The molecule has 0 saturated heterocycles.